The molecule has 1 atom stereocenters. The smallest absolute Gasteiger partial charge is 0.164 e. The minimum Gasteiger partial charge on any atom is -0.489 e. The third-order valence-electron chi connectivity index (χ3n) is 3.87. The number of hydrogen-bond donors (Lipinski definition) is 1. The molecule has 0 fully saturated rings. The van der Waals surface area contributed by atoms with Crippen LogP contribution < -0.4 is 10.2 Å². The number of rotatable bonds is 8. The first-order valence-electron chi connectivity index (χ1n) is 8.70. The van der Waals surface area contributed by atoms with Gasteiger partial charge in [0, 0.05) is 6.54 Å². The quantitative estimate of drug-likeness (QED) is 0.611. The summed E-state index contributed by atoms with van der Waals surface area (Å²) < 4.78 is 19.4. The maximum absolute atomic E-state index is 13.3. The molecule has 3 rings (SSSR count). The van der Waals surface area contributed by atoms with Crippen LogP contribution in [0.15, 0.2) is 48.8 Å². The van der Waals surface area contributed by atoms with E-state index in [0.29, 0.717) is 11.6 Å². The van der Waals surface area contributed by atoms with Gasteiger partial charge in [-0.2, -0.15) is 0 Å². The molecule has 7 heteroatoms. The Kier molecular flexibility index (Phi) is 6.16. The number of nitrogens with one attached hydrogen (secondary N) is 1. The molecule has 1 unspecified atom stereocenters. The van der Waals surface area contributed by atoms with Crippen molar-refractivity contribution in [1.29, 1.82) is 0 Å². The summed E-state index contributed by atoms with van der Waals surface area (Å²) in [5.41, 5.74) is 4.31. The van der Waals surface area contributed by atoms with E-state index in [9.17, 15) is 4.39 Å². The van der Waals surface area contributed by atoms with Gasteiger partial charge in [-0.25, -0.2) is 19.8 Å². The number of hydrogen-bond acceptors (Lipinski definition) is 6. The summed E-state index contributed by atoms with van der Waals surface area (Å²) >= 11 is 0. The van der Waals surface area contributed by atoms with Gasteiger partial charge in [-0.1, -0.05) is 18.2 Å². The van der Waals surface area contributed by atoms with E-state index in [-0.39, 0.29) is 18.5 Å². The lowest BCUT2D eigenvalue weighted by atomic mass is 10.2. The van der Waals surface area contributed by atoms with Gasteiger partial charge < -0.3 is 9.64 Å². The Morgan fingerprint density at radius 1 is 1.15 bits per heavy atom. The van der Waals surface area contributed by atoms with Gasteiger partial charge >= 0.3 is 0 Å². The second-order valence-electron chi connectivity index (χ2n) is 6.58. The molecular formula is C20H23FN4O2. The van der Waals surface area contributed by atoms with Crippen molar-refractivity contribution in [1.82, 2.24) is 14.9 Å². The predicted molar refractivity (Wildman–Crippen MR) is 103 cm³/mol. The van der Waals surface area contributed by atoms with Gasteiger partial charge in [0.2, 0.25) is 0 Å². The Balaban J connectivity index is 1.78. The summed E-state index contributed by atoms with van der Waals surface area (Å²) in [5, 5.41) is 0.741. The molecule has 1 aromatic heterocycles. The van der Waals surface area contributed by atoms with Crippen LogP contribution in [0, 0.1) is 5.82 Å². The first kappa shape index (κ1) is 19.0. The van der Waals surface area contributed by atoms with Crippen LogP contribution in [0.4, 0.5) is 10.2 Å². The van der Waals surface area contributed by atoms with Crippen molar-refractivity contribution in [2.75, 3.05) is 26.1 Å². The van der Waals surface area contributed by atoms with Crippen LogP contribution in [-0.2, 0) is 11.4 Å². The lowest BCUT2D eigenvalue weighted by Crippen LogP contribution is -2.28. The van der Waals surface area contributed by atoms with E-state index >= 15 is 0 Å². The van der Waals surface area contributed by atoms with Gasteiger partial charge in [0.05, 0.1) is 17.5 Å². The number of fused-ring (bicyclic) bond motifs is 1. The summed E-state index contributed by atoms with van der Waals surface area (Å²) in [6, 6.07) is 11.9. The molecule has 0 amide bonds. The standard InChI is InChI=1S/C20H23FN4O2/c1-14(11-25(2)3)27-18-9-5-8-17-19(18)20(23-13-22-17)24-26-12-15-6-4-7-16(21)10-15/h4-10,13-14H,11-12H2,1-3H3,(H,22,23,24). The number of ether oxygens (including phenoxy) is 1. The van der Waals surface area contributed by atoms with E-state index < -0.39 is 0 Å². The summed E-state index contributed by atoms with van der Waals surface area (Å²) in [7, 11) is 4.00. The first-order chi connectivity index (χ1) is 13.0. The number of nitrogens with zero attached hydrogens (tertiary/aromatic N) is 3. The van der Waals surface area contributed by atoms with E-state index in [2.05, 4.69) is 20.3 Å². The Hall–Kier alpha value is -2.77. The average Bonchev–Trinajstić information content (AvgIpc) is 2.61. The number of likely N-dealkylation sites (N-methyl/N-ethyl adjacent to an activating group) is 1. The van der Waals surface area contributed by atoms with Gasteiger partial charge in [0.25, 0.3) is 0 Å². The zero-order chi connectivity index (χ0) is 19.2. The van der Waals surface area contributed by atoms with Gasteiger partial charge in [0.15, 0.2) is 5.82 Å². The van der Waals surface area contributed by atoms with E-state index in [0.717, 1.165) is 23.0 Å². The lowest BCUT2D eigenvalue weighted by molar-refractivity contribution is 0.175. The van der Waals surface area contributed by atoms with Crippen molar-refractivity contribution < 1.29 is 14.0 Å². The highest BCUT2D eigenvalue weighted by Gasteiger charge is 2.13. The van der Waals surface area contributed by atoms with Crippen LogP contribution in [0.2, 0.25) is 0 Å². The van der Waals surface area contributed by atoms with Crippen molar-refractivity contribution >= 4 is 16.7 Å². The number of benzene rings is 2. The number of anilines is 1. The molecular weight excluding hydrogens is 347 g/mol. The topological polar surface area (TPSA) is 59.5 Å². The monoisotopic (exact) mass is 370 g/mol. The third-order valence-corrected chi connectivity index (χ3v) is 3.87. The van der Waals surface area contributed by atoms with Crippen LogP contribution >= 0.6 is 0 Å². The van der Waals surface area contributed by atoms with Gasteiger partial charge in [-0.05, 0) is 50.8 Å². The predicted octanol–water partition coefficient (Wildman–Crippen LogP) is 3.64. The zero-order valence-corrected chi connectivity index (χ0v) is 15.6. The van der Waals surface area contributed by atoms with Crippen molar-refractivity contribution in [3.05, 3.63) is 60.2 Å². The van der Waals surface area contributed by atoms with Crippen molar-refractivity contribution in [2.24, 2.45) is 0 Å². The Bertz CT molecular complexity index is 899. The van der Waals surface area contributed by atoms with E-state index in [4.69, 9.17) is 9.57 Å². The molecule has 0 aliphatic carbocycles. The molecule has 0 bridgehead atoms. The molecule has 0 aliphatic rings. The minimum absolute atomic E-state index is 0.00753. The Morgan fingerprint density at radius 2 is 1.96 bits per heavy atom. The SMILES string of the molecule is CC(CN(C)C)Oc1cccc2ncnc(NOCc3cccc(F)c3)c12. The summed E-state index contributed by atoms with van der Waals surface area (Å²) in [6.07, 6.45) is 1.45. The van der Waals surface area contributed by atoms with Crippen molar-refractivity contribution in [2.45, 2.75) is 19.6 Å². The van der Waals surface area contributed by atoms with Crippen molar-refractivity contribution in [3.8, 4) is 5.75 Å². The van der Waals surface area contributed by atoms with E-state index in [1.54, 1.807) is 12.1 Å². The summed E-state index contributed by atoms with van der Waals surface area (Å²) in [4.78, 5) is 16.2. The van der Waals surface area contributed by atoms with E-state index in [1.807, 2.05) is 39.2 Å². The van der Waals surface area contributed by atoms with Crippen LogP contribution in [-0.4, -0.2) is 41.6 Å². The average molecular weight is 370 g/mol. The highest BCUT2D eigenvalue weighted by molar-refractivity contribution is 5.94. The van der Waals surface area contributed by atoms with Crippen molar-refractivity contribution in [3.63, 3.8) is 0 Å². The maximum Gasteiger partial charge on any atom is 0.164 e. The third kappa shape index (κ3) is 5.12. The molecule has 1 N–H and O–H groups in total. The van der Waals surface area contributed by atoms with Gasteiger partial charge in [-0.3, -0.25) is 4.84 Å². The Labute approximate surface area is 157 Å². The van der Waals surface area contributed by atoms with Crippen LogP contribution in [0.3, 0.4) is 0 Å². The molecule has 27 heavy (non-hydrogen) atoms. The largest absolute Gasteiger partial charge is 0.489 e. The fraction of sp³-hybridized carbons (Fsp3) is 0.300. The second kappa shape index (κ2) is 8.75. The highest BCUT2D eigenvalue weighted by Crippen LogP contribution is 2.30. The lowest BCUT2D eigenvalue weighted by Gasteiger charge is -2.20. The molecule has 0 spiro atoms. The second-order valence-corrected chi connectivity index (χ2v) is 6.58. The maximum atomic E-state index is 13.3. The first-order valence-corrected chi connectivity index (χ1v) is 8.70. The molecule has 6 nitrogen and oxygen atoms in total. The molecule has 0 aliphatic heterocycles. The molecule has 0 radical (unpaired) electrons. The van der Waals surface area contributed by atoms with Crippen LogP contribution in [0.25, 0.3) is 10.9 Å². The summed E-state index contributed by atoms with van der Waals surface area (Å²) in [6.45, 7) is 2.99. The molecule has 3 aromatic rings. The van der Waals surface area contributed by atoms with Crippen LogP contribution in [0.1, 0.15) is 12.5 Å². The highest BCUT2D eigenvalue weighted by atomic mass is 19.1. The van der Waals surface area contributed by atoms with E-state index in [1.165, 1.54) is 18.5 Å². The number of halogens is 1. The fourth-order valence-corrected chi connectivity index (χ4v) is 2.84. The molecule has 0 saturated heterocycles. The Morgan fingerprint density at radius 3 is 2.74 bits per heavy atom. The molecule has 142 valence electrons. The minimum atomic E-state index is -0.297. The molecule has 0 saturated carbocycles. The molecule has 1 heterocycles. The fourth-order valence-electron chi connectivity index (χ4n) is 2.84. The van der Waals surface area contributed by atoms with Gasteiger partial charge in [-0.15, -0.1) is 0 Å². The van der Waals surface area contributed by atoms with Gasteiger partial charge in [0.1, 0.15) is 24.0 Å². The zero-order valence-electron chi connectivity index (χ0n) is 15.6. The summed E-state index contributed by atoms with van der Waals surface area (Å²) in [5.74, 6) is 0.887. The molecule has 2 aromatic carbocycles. The normalized spacial score (nSPS) is 12.3. The van der Waals surface area contributed by atoms with Crippen LogP contribution in [0.5, 0.6) is 5.75 Å². The number of aromatic nitrogens is 2.